The third-order valence-corrected chi connectivity index (χ3v) is 3.07. The van der Waals surface area contributed by atoms with Crippen LogP contribution in [-0.2, 0) is 15.0 Å². The molecule has 86 valence electrons. The quantitative estimate of drug-likeness (QED) is 0.752. The zero-order chi connectivity index (χ0) is 11.8. The molecule has 1 aromatic heterocycles. The highest BCUT2D eigenvalue weighted by Gasteiger charge is 2.41. The van der Waals surface area contributed by atoms with Crippen LogP contribution in [0.15, 0.2) is 12.4 Å². The first-order valence-electron chi connectivity index (χ1n) is 5.25. The van der Waals surface area contributed by atoms with E-state index >= 15 is 0 Å². The third-order valence-electron chi connectivity index (χ3n) is 3.07. The van der Waals surface area contributed by atoms with Crippen molar-refractivity contribution in [2.24, 2.45) is 0 Å². The van der Waals surface area contributed by atoms with Gasteiger partial charge in [0.15, 0.2) is 0 Å². The Kier molecular flexibility index (Phi) is 2.63. The lowest BCUT2D eigenvalue weighted by molar-refractivity contribution is -0.152. The molecule has 0 saturated carbocycles. The predicted octanol–water partition coefficient (Wildman–Crippen LogP) is 0.919. The summed E-state index contributed by atoms with van der Waals surface area (Å²) >= 11 is 0. The Labute approximate surface area is 94.2 Å². The monoisotopic (exact) mass is 221 g/mol. The first kappa shape index (κ1) is 11.0. The molecule has 5 nitrogen and oxygen atoms in total. The number of hydroxylamine groups is 1. The molecule has 0 spiro atoms. The Morgan fingerprint density at radius 2 is 2.19 bits per heavy atom. The minimum absolute atomic E-state index is 0.0529. The first-order valence-corrected chi connectivity index (χ1v) is 5.25. The van der Waals surface area contributed by atoms with Crippen molar-refractivity contribution in [2.45, 2.75) is 31.6 Å². The number of nitrogens with zero attached hydrogens (tertiary/aromatic N) is 2. The topological polar surface area (TPSA) is 64.1 Å². The van der Waals surface area contributed by atoms with E-state index in [1.807, 2.05) is 0 Å². The highest BCUT2D eigenvalue weighted by atomic mass is 16.7. The number of aromatic nitrogens is 2. The van der Waals surface area contributed by atoms with Crippen LogP contribution >= 0.6 is 0 Å². The summed E-state index contributed by atoms with van der Waals surface area (Å²) in [6, 6.07) is 0. The lowest BCUT2D eigenvalue weighted by atomic mass is 9.87. The molecule has 0 fully saturated rings. The summed E-state index contributed by atoms with van der Waals surface area (Å²) in [6.45, 7) is 4.19. The number of hydrogen-bond acceptors (Lipinski definition) is 5. The van der Waals surface area contributed by atoms with Crippen LogP contribution in [-0.4, -0.2) is 23.2 Å². The molecule has 1 N–H and O–H groups in total. The Balaban J connectivity index is 2.37. The average Bonchev–Trinajstić information content (AvgIpc) is 2.52. The van der Waals surface area contributed by atoms with Gasteiger partial charge in [0.05, 0.1) is 18.3 Å². The minimum Gasteiger partial charge on any atom is -0.370 e. The second kappa shape index (κ2) is 3.83. The molecule has 2 rings (SSSR count). The fraction of sp³-hybridized carbons (Fsp3) is 0.545. The molecule has 1 unspecified atom stereocenters. The molecule has 1 aromatic rings. The number of nitrogens with one attached hydrogen (secondary N) is 1. The molecule has 0 aromatic carbocycles. The Morgan fingerprint density at radius 1 is 1.50 bits per heavy atom. The smallest absolute Gasteiger partial charge is 0.332 e. The Hall–Kier alpha value is -1.49. The largest absolute Gasteiger partial charge is 0.370 e. The standard InChI is InChI=1S/C11H15N3O2/c1-11(2)4-7(10(15)16-12-3)8-5-13-14-6-9(8)11/h5-7,12H,4H2,1-3H3. The summed E-state index contributed by atoms with van der Waals surface area (Å²) in [4.78, 5) is 16.6. The van der Waals surface area contributed by atoms with Crippen molar-refractivity contribution in [3.05, 3.63) is 23.5 Å². The van der Waals surface area contributed by atoms with E-state index in [0.29, 0.717) is 0 Å². The summed E-state index contributed by atoms with van der Waals surface area (Å²) in [5.41, 5.74) is 4.38. The fourth-order valence-corrected chi connectivity index (χ4v) is 2.29. The SMILES string of the molecule is CNOC(=O)C1CC(C)(C)c2cnncc21. The van der Waals surface area contributed by atoms with Crippen LogP contribution in [0.4, 0.5) is 0 Å². The minimum atomic E-state index is -0.262. The van der Waals surface area contributed by atoms with E-state index in [1.54, 1.807) is 19.4 Å². The lowest BCUT2D eigenvalue weighted by Gasteiger charge is -2.18. The molecule has 0 amide bonds. The van der Waals surface area contributed by atoms with Crippen LogP contribution < -0.4 is 5.48 Å². The molecule has 1 aliphatic carbocycles. The van der Waals surface area contributed by atoms with Gasteiger partial charge in [-0.3, -0.25) is 0 Å². The van der Waals surface area contributed by atoms with Gasteiger partial charge in [-0.05, 0) is 23.0 Å². The van der Waals surface area contributed by atoms with Gasteiger partial charge in [0.1, 0.15) is 0 Å². The number of carbonyl (C=O) groups excluding carboxylic acids is 1. The summed E-state index contributed by atoms with van der Waals surface area (Å²) in [7, 11) is 1.57. The normalized spacial score (nSPS) is 21.6. The Bertz CT molecular complexity index is 417. The maximum Gasteiger partial charge on any atom is 0.332 e. The third kappa shape index (κ3) is 1.67. The van der Waals surface area contributed by atoms with Crippen LogP contribution in [0, 0.1) is 0 Å². The van der Waals surface area contributed by atoms with Crippen molar-refractivity contribution in [2.75, 3.05) is 7.05 Å². The summed E-state index contributed by atoms with van der Waals surface area (Å²) in [5.74, 6) is -0.504. The van der Waals surface area contributed by atoms with Gasteiger partial charge < -0.3 is 4.84 Å². The molecule has 0 bridgehead atoms. The van der Waals surface area contributed by atoms with Crippen molar-refractivity contribution < 1.29 is 9.63 Å². The van der Waals surface area contributed by atoms with Gasteiger partial charge in [-0.25, -0.2) is 4.79 Å². The van der Waals surface area contributed by atoms with E-state index in [2.05, 4.69) is 29.5 Å². The van der Waals surface area contributed by atoms with Crippen LogP contribution in [0.5, 0.6) is 0 Å². The van der Waals surface area contributed by atoms with Crippen molar-refractivity contribution in [1.82, 2.24) is 15.7 Å². The molecular weight excluding hydrogens is 206 g/mol. The molecule has 1 aliphatic rings. The van der Waals surface area contributed by atoms with E-state index in [9.17, 15) is 4.79 Å². The van der Waals surface area contributed by atoms with Gasteiger partial charge in [0, 0.05) is 7.05 Å². The number of hydrogen-bond donors (Lipinski definition) is 1. The molecule has 16 heavy (non-hydrogen) atoms. The zero-order valence-electron chi connectivity index (χ0n) is 9.65. The van der Waals surface area contributed by atoms with E-state index < -0.39 is 0 Å². The second-order valence-electron chi connectivity index (χ2n) is 4.62. The first-order chi connectivity index (χ1) is 7.56. The van der Waals surface area contributed by atoms with Gasteiger partial charge >= 0.3 is 5.97 Å². The maximum atomic E-state index is 11.8. The highest BCUT2D eigenvalue weighted by Crippen LogP contribution is 2.45. The molecule has 0 saturated heterocycles. The average molecular weight is 221 g/mol. The van der Waals surface area contributed by atoms with Crippen molar-refractivity contribution in [1.29, 1.82) is 0 Å². The van der Waals surface area contributed by atoms with Crippen LogP contribution in [0.2, 0.25) is 0 Å². The van der Waals surface area contributed by atoms with E-state index in [1.165, 1.54) is 0 Å². The van der Waals surface area contributed by atoms with Crippen LogP contribution in [0.1, 0.15) is 37.3 Å². The molecule has 0 radical (unpaired) electrons. The van der Waals surface area contributed by atoms with Crippen molar-refractivity contribution in [3.63, 3.8) is 0 Å². The molecule has 0 aliphatic heterocycles. The number of rotatable bonds is 2. The van der Waals surface area contributed by atoms with Crippen molar-refractivity contribution >= 4 is 5.97 Å². The second-order valence-corrected chi connectivity index (χ2v) is 4.62. The van der Waals surface area contributed by atoms with Gasteiger partial charge in [-0.15, -0.1) is 0 Å². The van der Waals surface area contributed by atoms with Crippen LogP contribution in [0.25, 0.3) is 0 Å². The lowest BCUT2D eigenvalue weighted by Crippen LogP contribution is -2.22. The fourth-order valence-electron chi connectivity index (χ4n) is 2.29. The summed E-state index contributed by atoms with van der Waals surface area (Å²) in [5, 5.41) is 7.71. The zero-order valence-corrected chi connectivity index (χ0v) is 9.65. The van der Waals surface area contributed by atoms with E-state index in [4.69, 9.17) is 4.84 Å². The van der Waals surface area contributed by atoms with Crippen molar-refractivity contribution in [3.8, 4) is 0 Å². The van der Waals surface area contributed by atoms with Gasteiger partial charge in [-0.1, -0.05) is 13.8 Å². The van der Waals surface area contributed by atoms with Crippen LogP contribution in [0.3, 0.4) is 0 Å². The summed E-state index contributed by atoms with van der Waals surface area (Å²) < 4.78 is 0. The molecular formula is C11H15N3O2. The van der Waals surface area contributed by atoms with E-state index in [-0.39, 0.29) is 17.3 Å². The highest BCUT2D eigenvalue weighted by molar-refractivity contribution is 5.80. The van der Waals surface area contributed by atoms with Gasteiger partial charge in [0.25, 0.3) is 0 Å². The number of fused-ring (bicyclic) bond motifs is 1. The summed E-state index contributed by atoms with van der Waals surface area (Å²) in [6.07, 6.45) is 4.13. The van der Waals surface area contributed by atoms with Gasteiger partial charge in [-0.2, -0.15) is 15.7 Å². The molecule has 1 heterocycles. The Morgan fingerprint density at radius 3 is 2.88 bits per heavy atom. The molecule has 1 atom stereocenters. The number of carbonyl (C=O) groups is 1. The van der Waals surface area contributed by atoms with E-state index in [0.717, 1.165) is 17.5 Å². The predicted molar refractivity (Wildman–Crippen MR) is 57.6 cm³/mol. The molecule has 5 heteroatoms. The van der Waals surface area contributed by atoms with Gasteiger partial charge in [0.2, 0.25) is 0 Å². The maximum absolute atomic E-state index is 11.8.